The van der Waals surface area contributed by atoms with E-state index in [1.54, 1.807) is 6.92 Å². The summed E-state index contributed by atoms with van der Waals surface area (Å²) in [5.74, 6) is -0.0681. The van der Waals surface area contributed by atoms with E-state index >= 15 is 0 Å². The normalized spacial score (nSPS) is 24.5. The van der Waals surface area contributed by atoms with Crippen LogP contribution in [0.25, 0.3) is 0 Å². The van der Waals surface area contributed by atoms with Crippen molar-refractivity contribution >= 4 is 18.5 Å². The van der Waals surface area contributed by atoms with Crippen LogP contribution < -0.4 is 5.32 Å². The van der Waals surface area contributed by atoms with Crippen LogP contribution in [0.3, 0.4) is 0 Å². The smallest absolute Gasteiger partial charge is 0.225 e. The Morgan fingerprint density at radius 2 is 2.45 bits per heavy atom. The van der Waals surface area contributed by atoms with Crippen LogP contribution in [-0.4, -0.2) is 11.3 Å². The molecule has 58 valence electrons. The Hall–Kier alpha value is -0.950. The lowest BCUT2D eigenvalue weighted by molar-refractivity contribution is -0.120. The molecule has 0 saturated heterocycles. The van der Waals surface area contributed by atoms with Crippen molar-refractivity contribution in [3.05, 3.63) is 11.1 Å². The summed E-state index contributed by atoms with van der Waals surface area (Å²) in [6.07, 6.45) is 0.319. The molecular weight excluding hydrogens is 160 g/mol. The standard InChI is InChI=1S/C7H8N2OS/c1-4-2-6(10)9-7(11)5(4)3-8/h7,11H,2H2,1H3,(H,9,10). The van der Waals surface area contributed by atoms with E-state index in [9.17, 15) is 4.79 Å². The van der Waals surface area contributed by atoms with Crippen LogP contribution in [0.15, 0.2) is 11.1 Å². The molecule has 0 aromatic rings. The molecule has 0 saturated carbocycles. The number of nitrogens with zero attached hydrogens (tertiary/aromatic N) is 1. The molecule has 1 rings (SSSR count). The van der Waals surface area contributed by atoms with Crippen molar-refractivity contribution in [3.63, 3.8) is 0 Å². The van der Waals surface area contributed by atoms with Gasteiger partial charge >= 0.3 is 0 Å². The van der Waals surface area contributed by atoms with E-state index in [-0.39, 0.29) is 5.91 Å². The van der Waals surface area contributed by atoms with Gasteiger partial charge in [-0.2, -0.15) is 5.26 Å². The average Bonchev–Trinajstić information content (AvgIpc) is 1.85. The highest BCUT2D eigenvalue weighted by Crippen LogP contribution is 2.18. The first-order valence-electron chi connectivity index (χ1n) is 3.22. The van der Waals surface area contributed by atoms with Crippen molar-refractivity contribution in [2.24, 2.45) is 0 Å². The number of hydrogen-bond acceptors (Lipinski definition) is 3. The zero-order valence-electron chi connectivity index (χ0n) is 6.09. The van der Waals surface area contributed by atoms with Crippen LogP contribution in [0, 0.1) is 11.3 Å². The Morgan fingerprint density at radius 3 is 2.91 bits per heavy atom. The highest BCUT2D eigenvalue weighted by atomic mass is 32.1. The molecule has 11 heavy (non-hydrogen) atoms. The average molecular weight is 168 g/mol. The van der Waals surface area contributed by atoms with Crippen molar-refractivity contribution in [2.45, 2.75) is 18.7 Å². The van der Waals surface area contributed by atoms with E-state index in [2.05, 4.69) is 17.9 Å². The molecule has 1 N–H and O–H groups in total. The highest BCUT2D eigenvalue weighted by molar-refractivity contribution is 7.81. The van der Waals surface area contributed by atoms with Crippen molar-refractivity contribution < 1.29 is 4.79 Å². The second kappa shape index (κ2) is 2.97. The number of carbonyl (C=O) groups excluding carboxylic acids is 1. The summed E-state index contributed by atoms with van der Waals surface area (Å²) in [6, 6.07) is 2.01. The number of amides is 1. The van der Waals surface area contributed by atoms with Crippen LogP contribution in [0.1, 0.15) is 13.3 Å². The minimum atomic E-state index is -0.416. The van der Waals surface area contributed by atoms with Gasteiger partial charge in [0.1, 0.15) is 5.37 Å². The third-order valence-electron chi connectivity index (χ3n) is 1.58. The van der Waals surface area contributed by atoms with Gasteiger partial charge in [0, 0.05) is 6.42 Å². The Morgan fingerprint density at radius 1 is 1.82 bits per heavy atom. The van der Waals surface area contributed by atoms with E-state index in [1.165, 1.54) is 0 Å². The van der Waals surface area contributed by atoms with Gasteiger partial charge in [-0.15, -0.1) is 12.6 Å². The fourth-order valence-electron chi connectivity index (χ4n) is 1.00. The first-order valence-corrected chi connectivity index (χ1v) is 3.74. The molecule has 1 aliphatic heterocycles. The predicted molar refractivity (Wildman–Crippen MR) is 43.8 cm³/mol. The summed E-state index contributed by atoms with van der Waals surface area (Å²) in [6.45, 7) is 1.78. The zero-order valence-corrected chi connectivity index (χ0v) is 6.98. The number of carbonyl (C=O) groups is 1. The largest absolute Gasteiger partial charge is 0.339 e. The molecule has 1 heterocycles. The second-order valence-corrected chi connectivity index (χ2v) is 2.97. The molecule has 4 heteroatoms. The van der Waals surface area contributed by atoms with Gasteiger partial charge in [-0.3, -0.25) is 4.79 Å². The molecule has 1 aliphatic rings. The van der Waals surface area contributed by atoms with Crippen molar-refractivity contribution in [1.82, 2.24) is 5.32 Å². The Kier molecular flexibility index (Phi) is 2.20. The summed E-state index contributed by atoms with van der Waals surface area (Å²) >= 11 is 4.04. The van der Waals surface area contributed by atoms with Crippen LogP contribution in [0.4, 0.5) is 0 Å². The van der Waals surface area contributed by atoms with Crippen molar-refractivity contribution in [3.8, 4) is 6.07 Å². The topological polar surface area (TPSA) is 52.9 Å². The Labute approximate surface area is 70.5 Å². The van der Waals surface area contributed by atoms with Gasteiger partial charge < -0.3 is 5.32 Å². The molecule has 1 unspecified atom stereocenters. The van der Waals surface area contributed by atoms with Gasteiger partial charge in [0.25, 0.3) is 0 Å². The minimum Gasteiger partial charge on any atom is -0.339 e. The van der Waals surface area contributed by atoms with E-state index in [1.807, 2.05) is 6.07 Å². The van der Waals surface area contributed by atoms with Crippen molar-refractivity contribution in [1.29, 1.82) is 5.26 Å². The lowest BCUT2D eigenvalue weighted by Gasteiger charge is -2.19. The fraction of sp³-hybridized carbons (Fsp3) is 0.429. The maximum Gasteiger partial charge on any atom is 0.225 e. The number of rotatable bonds is 0. The number of thiol groups is 1. The van der Waals surface area contributed by atoms with Crippen LogP contribution in [0.2, 0.25) is 0 Å². The third-order valence-corrected chi connectivity index (χ3v) is 1.96. The van der Waals surface area contributed by atoms with Gasteiger partial charge in [-0.1, -0.05) is 0 Å². The third kappa shape index (κ3) is 1.55. The lowest BCUT2D eigenvalue weighted by atomic mass is 10.0. The van der Waals surface area contributed by atoms with Gasteiger partial charge in [-0.25, -0.2) is 0 Å². The molecule has 0 radical (unpaired) electrons. The summed E-state index contributed by atoms with van der Waals surface area (Å²) in [4.78, 5) is 10.8. The summed E-state index contributed by atoms with van der Waals surface area (Å²) in [5, 5.41) is 10.8. The number of nitrogens with one attached hydrogen (secondary N) is 1. The van der Waals surface area contributed by atoms with E-state index < -0.39 is 5.37 Å². The van der Waals surface area contributed by atoms with E-state index in [0.29, 0.717) is 12.0 Å². The summed E-state index contributed by atoms with van der Waals surface area (Å²) in [5.41, 5.74) is 1.38. The predicted octanol–water partition coefficient (Wildman–Crippen LogP) is 0.602. The SMILES string of the molecule is CC1=C(C#N)C(S)NC(=O)C1. The molecule has 0 spiro atoms. The zero-order chi connectivity index (χ0) is 8.43. The van der Waals surface area contributed by atoms with Crippen LogP contribution >= 0.6 is 12.6 Å². The lowest BCUT2D eigenvalue weighted by Crippen LogP contribution is -2.36. The van der Waals surface area contributed by atoms with Gasteiger partial charge in [-0.05, 0) is 12.5 Å². The first kappa shape index (κ1) is 8.15. The second-order valence-electron chi connectivity index (χ2n) is 2.45. The maximum absolute atomic E-state index is 10.8. The van der Waals surface area contributed by atoms with Gasteiger partial charge in [0.15, 0.2) is 0 Å². The molecule has 1 amide bonds. The first-order chi connectivity index (χ1) is 5.15. The summed E-state index contributed by atoms with van der Waals surface area (Å²) < 4.78 is 0. The molecular formula is C7H8N2OS. The van der Waals surface area contributed by atoms with E-state index in [4.69, 9.17) is 5.26 Å². The molecule has 0 aliphatic carbocycles. The highest BCUT2D eigenvalue weighted by Gasteiger charge is 2.21. The van der Waals surface area contributed by atoms with Crippen molar-refractivity contribution in [2.75, 3.05) is 0 Å². The van der Waals surface area contributed by atoms with E-state index in [0.717, 1.165) is 5.57 Å². The summed E-state index contributed by atoms with van der Waals surface area (Å²) in [7, 11) is 0. The molecule has 1 atom stereocenters. The van der Waals surface area contributed by atoms with Crippen LogP contribution in [-0.2, 0) is 4.79 Å². The molecule has 3 nitrogen and oxygen atoms in total. The fourth-order valence-corrected chi connectivity index (χ4v) is 1.42. The minimum absolute atomic E-state index is 0.0681. The number of nitriles is 1. The van der Waals surface area contributed by atoms with Gasteiger partial charge in [0.05, 0.1) is 11.6 Å². The van der Waals surface area contributed by atoms with Gasteiger partial charge in [0.2, 0.25) is 5.91 Å². The maximum atomic E-state index is 10.8. The molecule has 0 aromatic carbocycles. The molecule has 0 aromatic heterocycles. The molecule has 0 fully saturated rings. The Balaban J connectivity index is 2.97. The molecule has 0 bridgehead atoms. The Bertz CT molecular complexity index is 264. The quantitative estimate of drug-likeness (QED) is 0.520. The monoisotopic (exact) mass is 168 g/mol. The van der Waals surface area contributed by atoms with Crippen LogP contribution in [0.5, 0.6) is 0 Å². The number of hydrogen-bond donors (Lipinski definition) is 2.